The van der Waals surface area contributed by atoms with E-state index in [1.807, 2.05) is 6.92 Å². The van der Waals surface area contributed by atoms with E-state index in [0.29, 0.717) is 12.3 Å². The molecule has 0 atom stereocenters. The fourth-order valence-corrected chi connectivity index (χ4v) is 1.57. The van der Waals surface area contributed by atoms with E-state index in [2.05, 4.69) is 5.10 Å². The SMILES string of the molecule is CCCOC(=O)c1ccn(-c2ccc([N+](=O)[O-])cc2)n1. The van der Waals surface area contributed by atoms with Crippen LogP contribution in [-0.2, 0) is 4.74 Å². The molecule has 1 aromatic heterocycles. The largest absolute Gasteiger partial charge is 0.461 e. The fraction of sp³-hybridized carbons (Fsp3) is 0.231. The van der Waals surface area contributed by atoms with Crippen molar-refractivity contribution in [2.24, 2.45) is 0 Å². The van der Waals surface area contributed by atoms with E-state index in [0.717, 1.165) is 6.42 Å². The Hall–Kier alpha value is -2.70. The van der Waals surface area contributed by atoms with E-state index < -0.39 is 10.9 Å². The third kappa shape index (κ3) is 3.00. The first-order chi connectivity index (χ1) is 9.61. The number of aromatic nitrogens is 2. The van der Waals surface area contributed by atoms with Crippen molar-refractivity contribution >= 4 is 11.7 Å². The fourth-order valence-electron chi connectivity index (χ4n) is 1.57. The van der Waals surface area contributed by atoms with Gasteiger partial charge in [-0.3, -0.25) is 10.1 Å². The Labute approximate surface area is 114 Å². The number of non-ortho nitro benzene ring substituents is 1. The van der Waals surface area contributed by atoms with Crippen LogP contribution in [0.1, 0.15) is 23.8 Å². The van der Waals surface area contributed by atoms with Crippen molar-refractivity contribution in [2.75, 3.05) is 6.61 Å². The van der Waals surface area contributed by atoms with Crippen molar-refractivity contribution in [2.45, 2.75) is 13.3 Å². The summed E-state index contributed by atoms with van der Waals surface area (Å²) >= 11 is 0. The molecule has 0 aliphatic carbocycles. The summed E-state index contributed by atoms with van der Waals surface area (Å²) < 4.78 is 6.44. The molecule has 0 saturated heterocycles. The topological polar surface area (TPSA) is 87.3 Å². The maximum absolute atomic E-state index is 11.6. The zero-order chi connectivity index (χ0) is 14.5. The Kier molecular flexibility index (Phi) is 4.09. The van der Waals surface area contributed by atoms with Crippen LogP contribution < -0.4 is 0 Å². The summed E-state index contributed by atoms with van der Waals surface area (Å²) in [6.07, 6.45) is 2.35. The predicted molar refractivity (Wildman–Crippen MR) is 70.8 cm³/mol. The lowest BCUT2D eigenvalue weighted by Crippen LogP contribution is -2.07. The number of ether oxygens (including phenoxy) is 1. The Morgan fingerprint density at radius 3 is 2.65 bits per heavy atom. The molecule has 0 unspecified atom stereocenters. The summed E-state index contributed by atoms with van der Waals surface area (Å²) in [6, 6.07) is 7.43. The first-order valence-corrected chi connectivity index (χ1v) is 6.09. The minimum absolute atomic E-state index is 0.00323. The zero-order valence-corrected chi connectivity index (χ0v) is 10.9. The van der Waals surface area contributed by atoms with Crippen LogP contribution >= 0.6 is 0 Å². The van der Waals surface area contributed by atoms with E-state index in [1.165, 1.54) is 16.8 Å². The monoisotopic (exact) mass is 275 g/mol. The highest BCUT2D eigenvalue weighted by Crippen LogP contribution is 2.15. The highest BCUT2D eigenvalue weighted by molar-refractivity contribution is 5.87. The van der Waals surface area contributed by atoms with Crippen LogP contribution in [0.4, 0.5) is 5.69 Å². The molecule has 0 saturated carbocycles. The summed E-state index contributed by atoms with van der Waals surface area (Å²) in [4.78, 5) is 21.7. The maximum atomic E-state index is 11.6. The Morgan fingerprint density at radius 1 is 1.35 bits per heavy atom. The van der Waals surface area contributed by atoms with Gasteiger partial charge in [0, 0.05) is 18.3 Å². The number of carbonyl (C=O) groups is 1. The van der Waals surface area contributed by atoms with Crippen LogP contribution in [0.5, 0.6) is 0 Å². The number of nitro benzene ring substituents is 1. The van der Waals surface area contributed by atoms with Crippen molar-refractivity contribution in [3.8, 4) is 5.69 Å². The smallest absolute Gasteiger partial charge is 0.358 e. The maximum Gasteiger partial charge on any atom is 0.358 e. The van der Waals surface area contributed by atoms with Gasteiger partial charge in [0.2, 0.25) is 0 Å². The van der Waals surface area contributed by atoms with Crippen LogP contribution in [0, 0.1) is 10.1 Å². The summed E-state index contributed by atoms with van der Waals surface area (Å²) in [7, 11) is 0. The molecule has 0 bridgehead atoms. The van der Waals surface area contributed by atoms with Gasteiger partial charge in [-0.15, -0.1) is 0 Å². The van der Waals surface area contributed by atoms with E-state index in [4.69, 9.17) is 4.74 Å². The number of nitro groups is 1. The summed E-state index contributed by atoms with van der Waals surface area (Å²) in [6.45, 7) is 2.26. The molecule has 2 aromatic rings. The van der Waals surface area contributed by atoms with Gasteiger partial charge in [-0.1, -0.05) is 6.92 Å². The minimum Gasteiger partial charge on any atom is -0.461 e. The molecule has 7 nitrogen and oxygen atoms in total. The lowest BCUT2D eigenvalue weighted by Gasteiger charge is -2.01. The normalized spacial score (nSPS) is 10.2. The number of carbonyl (C=O) groups excluding carboxylic acids is 1. The lowest BCUT2D eigenvalue weighted by molar-refractivity contribution is -0.384. The summed E-state index contributed by atoms with van der Waals surface area (Å²) in [5.41, 5.74) is 0.838. The minimum atomic E-state index is -0.479. The molecule has 0 aliphatic rings. The van der Waals surface area contributed by atoms with Crippen LogP contribution in [0.3, 0.4) is 0 Å². The molecule has 0 radical (unpaired) electrons. The van der Waals surface area contributed by atoms with Crippen LogP contribution in [0.15, 0.2) is 36.5 Å². The standard InChI is InChI=1S/C13H13N3O4/c1-2-9-20-13(17)12-7-8-15(14-12)10-3-5-11(6-4-10)16(18)19/h3-8H,2,9H2,1H3. The predicted octanol–water partition coefficient (Wildman–Crippen LogP) is 2.35. The molecule has 20 heavy (non-hydrogen) atoms. The van der Waals surface area contributed by atoms with Crippen LogP contribution in [0.25, 0.3) is 5.69 Å². The van der Waals surface area contributed by atoms with Gasteiger partial charge in [-0.25, -0.2) is 9.48 Å². The molecule has 0 aliphatic heterocycles. The van der Waals surface area contributed by atoms with Crippen molar-refractivity contribution in [3.63, 3.8) is 0 Å². The van der Waals surface area contributed by atoms with E-state index >= 15 is 0 Å². The average Bonchev–Trinajstić information content (AvgIpc) is 2.94. The third-order valence-corrected chi connectivity index (χ3v) is 2.56. The molecule has 0 fully saturated rings. The van der Waals surface area contributed by atoms with Crippen LogP contribution in [-0.4, -0.2) is 27.3 Å². The second-order valence-corrected chi connectivity index (χ2v) is 4.05. The first-order valence-electron chi connectivity index (χ1n) is 6.09. The summed E-state index contributed by atoms with van der Waals surface area (Å²) in [5.74, 6) is -0.479. The molecule has 104 valence electrons. The van der Waals surface area contributed by atoms with E-state index in [-0.39, 0.29) is 11.4 Å². The zero-order valence-electron chi connectivity index (χ0n) is 10.9. The van der Waals surface area contributed by atoms with Crippen molar-refractivity contribution in [1.29, 1.82) is 0 Å². The van der Waals surface area contributed by atoms with Gasteiger partial charge >= 0.3 is 5.97 Å². The van der Waals surface area contributed by atoms with Crippen molar-refractivity contribution in [1.82, 2.24) is 9.78 Å². The van der Waals surface area contributed by atoms with E-state index in [1.54, 1.807) is 24.4 Å². The Balaban J connectivity index is 2.16. The molecule has 1 aromatic carbocycles. The van der Waals surface area contributed by atoms with Crippen molar-refractivity contribution in [3.05, 3.63) is 52.3 Å². The molecule has 0 N–H and O–H groups in total. The highest BCUT2D eigenvalue weighted by atomic mass is 16.6. The lowest BCUT2D eigenvalue weighted by atomic mass is 10.3. The Morgan fingerprint density at radius 2 is 2.05 bits per heavy atom. The van der Waals surface area contributed by atoms with Gasteiger partial charge in [0.15, 0.2) is 5.69 Å². The van der Waals surface area contributed by atoms with Gasteiger partial charge in [-0.2, -0.15) is 5.10 Å². The third-order valence-electron chi connectivity index (χ3n) is 2.56. The number of benzene rings is 1. The molecular weight excluding hydrogens is 262 g/mol. The van der Waals surface area contributed by atoms with Gasteiger partial charge in [-0.05, 0) is 24.6 Å². The van der Waals surface area contributed by atoms with E-state index in [9.17, 15) is 14.9 Å². The molecule has 1 heterocycles. The number of esters is 1. The molecule has 0 amide bonds. The first kappa shape index (κ1) is 13.7. The number of hydrogen-bond acceptors (Lipinski definition) is 5. The molecular formula is C13H13N3O4. The number of rotatable bonds is 5. The van der Waals surface area contributed by atoms with Gasteiger partial charge < -0.3 is 4.74 Å². The van der Waals surface area contributed by atoms with Crippen molar-refractivity contribution < 1.29 is 14.5 Å². The highest BCUT2D eigenvalue weighted by Gasteiger charge is 2.12. The number of nitrogens with zero attached hydrogens (tertiary/aromatic N) is 3. The van der Waals surface area contributed by atoms with Gasteiger partial charge in [0.1, 0.15) is 0 Å². The molecule has 7 heteroatoms. The van der Waals surface area contributed by atoms with Gasteiger partial charge in [0.05, 0.1) is 17.2 Å². The Bertz CT molecular complexity index is 619. The molecule has 0 spiro atoms. The quantitative estimate of drug-likeness (QED) is 0.475. The summed E-state index contributed by atoms with van der Waals surface area (Å²) in [5, 5.41) is 14.6. The number of hydrogen-bond donors (Lipinski definition) is 0. The second-order valence-electron chi connectivity index (χ2n) is 4.05. The van der Waals surface area contributed by atoms with Crippen LogP contribution in [0.2, 0.25) is 0 Å². The van der Waals surface area contributed by atoms with Gasteiger partial charge in [0.25, 0.3) is 5.69 Å². The second kappa shape index (κ2) is 5.96. The molecule has 2 rings (SSSR count). The average molecular weight is 275 g/mol.